The second-order valence-corrected chi connectivity index (χ2v) is 7.24. The van der Waals surface area contributed by atoms with Crippen LogP contribution in [0.1, 0.15) is 18.3 Å². The van der Waals surface area contributed by atoms with Crippen LogP contribution in [0.5, 0.6) is 0 Å². The molecule has 0 amide bonds. The molecule has 4 heterocycles. The summed E-state index contributed by atoms with van der Waals surface area (Å²) in [4.78, 5) is 36.2. The molecule has 8 nitrogen and oxygen atoms in total. The van der Waals surface area contributed by atoms with Crippen molar-refractivity contribution in [1.29, 1.82) is 0 Å². The molecule has 0 fully saturated rings. The van der Waals surface area contributed by atoms with E-state index in [2.05, 4.69) is 14.9 Å². The smallest absolute Gasteiger partial charge is 0.258 e. The van der Waals surface area contributed by atoms with Gasteiger partial charge in [-0.2, -0.15) is 0 Å². The van der Waals surface area contributed by atoms with Gasteiger partial charge in [0.1, 0.15) is 11.3 Å². The monoisotopic (exact) mass is 405 g/mol. The third-order valence-corrected chi connectivity index (χ3v) is 5.01. The molecule has 30 heavy (non-hydrogen) atoms. The molecule has 0 bridgehead atoms. The molecule has 154 valence electrons. The molecule has 0 spiro atoms. The largest absolute Gasteiger partial charge is 0.383 e. The number of hydrogen-bond acceptors (Lipinski definition) is 6. The lowest BCUT2D eigenvalue weighted by Gasteiger charge is -2.28. The highest BCUT2D eigenvalue weighted by Crippen LogP contribution is 2.12. The van der Waals surface area contributed by atoms with Crippen LogP contribution in [0.3, 0.4) is 0 Å². The fraction of sp³-hybridized carbons (Fsp3) is 0.273. The average molecular weight is 405 g/mol. The predicted molar refractivity (Wildman–Crippen MR) is 114 cm³/mol. The summed E-state index contributed by atoms with van der Waals surface area (Å²) >= 11 is 0. The molecule has 0 saturated carbocycles. The minimum Gasteiger partial charge on any atom is -0.383 e. The highest BCUT2D eigenvalue weighted by atomic mass is 16.5. The second kappa shape index (κ2) is 8.56. The van der Waals surface area contributed by atoms with Crippen molar-refractivity contribution in [2.24, 2.45) is 0 Å². The highest BCUT2D eigenvalue weighted by Gasteiger charge is 2.18. The summed E-state index contributed by atoms with van der Waals surface area (Å²) in [6.07, 6.45) is 3.40. The van der Waals surface area contributed by atoms with E-state index < -0.39 is 0 Å². The Balaban J connectivity index is 1.67. The fourth-order valence-corrected chi connectivity index (χ4v) is 3.50. The molecule has 0 aliphatic rings. The van der Waals surface area contributed by atoms with Gasteiger partial charge in [-0.1, -0.05) is 12.1 Å². The van der Waals surface area contributed by atoms with Gasteiger partial charge in [0.05, 0.1) is 18.0 Å². The maximum Gasteiger partial charge on any atom is 0.258 e. The summed E-state index contributed by atoms with van der Waals surface area (Å²) in [6.45, 7) is 3.40. The first-order chi connectivity index (χ1) is 14.5. The van der Waals surface area contributed by atoms with E-state index in [9.17, 15) is 9.59 Å². The minimum atomic E-state index is -0.128. The lowest BCUT2D eigenvalue weighted by molar-refractivity contribution is 0.0878. The molecule has 8 heteroatoms. The summed E-state index contributed by atoms with van der Waals surface area (Å²) < 4.78 is 8.36. The number of aromatic nitrogens is 4. The maximum atomic E-state index is 12.4. The Morgan fingerprint density at radius 1 is 0.900 bits per heavy atom. The van der Waals surface area contributed by atoms with Crippen molar-refractivity contribution in [3.05, 3.63) is 93.0 Å². The van der Waals surface area contributed by atoms with E-state index >= 15 is 0 Å². The van der Waals surface area contributed by atoms with E-state index in [4.69, 9.17) is 4.74 Å². The van der Waals surface area contributed by atoms with E-state index in [0.29, 0.717) is 42.4 Å². The van der Waals surface area contributed by atoms with Crippen molar-refractivity contribution in [3.63, 3.8) is 0 Å². The van der Waals surface area contributed by atoms with Crippen LogP contribution >= 0.6 is 0 Å². The van der Waals surface area contributed by atoms with E-state index in [0.717, 1.165) is 0 Å². The third kappa shape index (κ3) is 4.14. The topological polar surface area (TPSA) is 81.2 Å². The van der Waals surface area contributed by atoms with E-state index in [1.807, 2.05) is 19.1 Å². The first kappa shape index (κ1) is 19.9. The number of rotatable bonds is 7. The molecule has 1 atom stereocenters. The van der Waals surface area contributed by atoms with Gasteiger partial charge >= 0.3 is 0 Å². The second-order valence-electron chi connectivity index (χ2n) is 7.24. The van der Waals surface area contributed by atoms with Crippen LogP contribution in [0, 0.1) is 0 Å². The van der Waals surface area contributed by atoms with Gasteiger partial charge in [-0.25, -0.2) is 9.97 Å². The number of methoxy groups -OCH3 is 1. The average Bonchev–Trinajstić information content (AvgIpc) is 2.73. The summed E-state index contributed by atoms with van der Waals surface area (Å²) in [5, 5.41) is 0. The van der Waals surface area contributed by atoms with Gasteiger partial charge in [0, 0.05) is 50.8 Å². The van der Waals surface area contributed by atoms with Crippen LogP contribution in [0.2, 0.25) is 0 Å². The Hall–Kier alpha value is -3.36. The van der Waals surface area contributed by atoms with Crippen molar-refractivity contribution in [2.75, 3.05) is 13.7 Å². The zero-order valence-corrected chi connectivity index (χ0v) is 16.9. The van der Waals surface area contributed by atoms with Crippen molar-refractivity contribution in [2.45, 2.75) is 26.1 Å². The molecule has 0 radical (unpaired) electrons. The third-order valence-electron chi connectivity index (χ3n) is 5.01. The van der Waals surface area contributed by atoms with Gasteiger partial charge in [-0.3, -0.25) is 23.3 Å². The normalized spacial score (nSPS) is 12.6. The number of pyridine rings is 2. The van der Waals surface area contributed by atoms with Gasteiger partial charge in [0.2, 0.25) is 0 Å². The van der Waals surface area contributed by atoms with Gasteiger partial charge in [0.25, 0.3) is 11.1 Å². The zero-order valence-electron chi connectivity index (χ0n) is 16.9. The van der Waals surface area contributed by atoms with Gasteiger partial charge in [-0.05, 0) is 31.2 Å². The summed E-state index contributed by atoms with van der Waals surface area (Å²) in [5.41, 5.74) is 2.26. The van der Waals surface area contributed by atoms with Gasteiger partial charge < -0.3 is 4.74 Å². The van der Waals surface area contributed by atoms with Crippen molar-refractivity contribution < 1.29 is 4.74 Å². The summed E-state index contributed by atoms with van der Waals surface area (Å²) in [5.74, 6) is 0. The Labute approximate surface area is 173 Å². The first-order valence-corrected chi connectivity index (χ1v) is 9.73. The van der Waals surface area contributed by atoms with Crippen LogP contribution in [0.25, 0.3) is 11.3 Å². The molecule has 0 aliphatic carbocycles. The van der Waals surface area contributed by atoms with Crippen LogP contribution in [0.4, 0.5) is 0 Å². The lowest BCUT2D eigenvalue weighted by Crippen LogP contribution is -2.36. The van der Waals surface area contributed by atoms with E-state index in [1.165, 1.54) is 8.80 Å². The Kier molecular flexibility index (Phi) is 5.69. The molecule has 1 unspecified atom stereocenters. The number of fused-ring (bicyclic) bond motifs is 2. The van der Waals surface area contributed by atoms with E-state index in [1.54, 1.807) is 55.9 Å². The predicted octanol–water partition coefficient (Wildman–Crippen LogP) is 1.74. The van der Waals surface area contributed by atoms with Crippen molar-refractivity contribution in [1.82, 2.24) is 23.7 Å². The van der Waals surface area contributed by atoms with Crippen molar-refractivity contribution >= 4 is 11.3 Å². The molecule has 0 N–H and O–H groups in total. The Morgan fingerprint density at radius 2 is 1.40 bits per heavy atom. The van der Waals surface area contributed by atoms with Gasteiger partial charge in [-0.15, -0.1) is 0 Å². The molecule has 0 saturated heterocycles. The molecular formula is C22H23N5O3. The maximum absolute atomic E-state index is 12.4. The number of hydrogen-bond donors (Lipinski definition) is 0. The number of nitrogens with zero attached hydrogens (tertiary/aromatic N) is 5. The summed E-state index contributed by atoms with van der Waals surface area (Å²) in [6, 6.07) is 14.0. The Morgan fingerprint density at radius 3 is 1.87 bits per heavy atom. The molecule has 0 aromatic carbocycles. The minimum absolute atomic E-state index is 0.0297. The molecular weight excluding hydrogens is 382 g/mol. The molecule has 0 aliphatic heterocycles. The number of ether oxygens (including phenoxy) is 1. The standard InChI is InChI=1S/C22H23N5O3/c1-16(15-30-2)25(13-17-11-21(28)26-9-5-3-7-19(26)23-17)14-18-12-22(29)27-10-6-4-8-20(27)24-18/h3-12,16H,13-15H2,1-2H3. The van der Waals surface area contributed by atoms with Crippen LogP contribution in [-0.2, 0) is 17.8 Å². The SMILES string of the molecule is COCC(C)N(Cc1cc(=O)n2ccccc2n1)Cc1cc(=O)n2ccccc2n1. The molecule has 4 aromatic rings. The van der Waals surface area contributed by atoms with Crippen molar-refractivity contribution in [3.8, 4) is 0 Å². The molecule has 4 rings (SSSR count). The van der Waals surface area contributed by atoms with Gasteiger partial charge in [0.15, 0.2) is 0 Å². The summed E-state index contributed by atoms with van der Waals surface area (Å²) in [7, 11) is 1.65. The van der Waals surface area contributed by atoms with Crippen LogP contribution in [0.15, 0.2) is 70.5 Å². The van der Waals surface area contributed by atoms with Crippen LogP contribution < -0.4 is 11.1 Å². The van der Waals surface area contributed by atoms with E-state index in [-0.39, 0.29) is 17.2 Å². The molecule has 4 aromatic heterocycles. The fourth-order valence-electron chi connectivity index (χ4n) is 3.50. The Bertz CT molecular complexity index is 1200. The lowest BCUT2D eigenvalue weighted by atomic mass is 10.2. The quantitative estimate of drug-likeness (QED) is 0.466. The highest BCUT2D eigenvalue weighted by molar-refractivity contribution is 5.39. The van der Waals surface area contributed by atoms with Crippen LogP contribution in [-0.4, -0.2) is 43.4 Å². The first-order valence-electron chi connectivity index (χ1n) is 9.73. The zero-order chi connectivity index (χ0) is 21.1.